The third-order valence-electron chi connectivity index (χ3n) is 6.52. The molecule has 3 aromatic carbocycles. The van der Waals surface area contributed by atoms with Gasteiger partial charge in [-0.05, 0) is 97.3 Å². The number of benzene rings is 3. The van der Waals surface area contributed by atoms with Crippen LogP contribution < -0.4 is 5.73 Å². The molecule has 0 radical (unpaired) electrons. The van der Waals surface area contributed by atoms with E-state index >= 15 is 0 Å². The average Bonchev–Trinajstić information content (AvgIpc) is 3.32. The fourth-order valence-electron chi connectivity index (χ4n) is 4.57. The lowest BCUT2D eigenvalue weighted by Gasteiger charge is -2.17. The zero-order valence-electron chi connectivity index (χ0n) is 23.5. The molecule has 1 aromatic heterocycles. The van der Waals surface area contributed by atoms with Crippen LogP contribution in [0.25, 0.3) is 17.3 Å². The van der Waals surface area contributed by atoms with Crippen LogP contribution in [0.15, 0.2) is 72.8 Å². The minimum absolute atomic E-state index is 0.159. The maximum atomic E-state index is 13.4. The van der Waals surface area contributed by atoms with Gasteiger partial charge in [-0.15, -0.1) is 0 Å². The molecule has 4 aromatic rings. The summed E-state index contributed by atoms with van der Waals surface area (Å²) in [6, 6.07) is 21.7. The van der Waals surface area contributed by atoms with E-state index in [9.17, 15) is 9.18 Å². The summed E-state index contributed by atoms with van der Waals surface area (Å²) in [6.45, 7) is 5.98. The van der Waals surface area contributed by atoms with E-state index in [1.54, 1.807) is 35.0 Å². The Bertz CT molecular complexity index is 1470. The van der Waals surface area contributed by atoms with Crippen LogP contribution in [0.3, 0.4) is 0 Å². The van der Waals surface area contributed by atoms with Crippen LogP contribution in [0.2, 0.25) is 10.0 Å². The lowest BCUT2D eigenvalue weighted by atomic mass is 9.91. The zero-order chi connectivity index (χ0) is 29.9. The summed E-state index contributed by atoms with van der Waals surface area (Å²) in [5.41, 5.74) is 11.2. The Balaban J connectivity index is 0.000000355. The summed E-state index contributed by atoms with van der Waals surface area (Å²) in [4.78, 5) is 12.2. The van der Waals surface area contributed by atoms with Gasteiger partial charge in [0, 0.05) is 16.6 Å². The lowest BCUT2D eigenvalue weighted by Crippen LogP contribution is -2.06. The molecule has 0 unspecified atom stereocenters. The highest BCUT2D eigenvalue weighted by Crippen LogP contribution is 2.36. The highest BCUT2D eigenvalue weighted by Gasteiger charge is 2.26. The Labute approximate surface area is 256 Å². The number of fused-ring (bicyclic) bond motifs is 1. The van der Waals surface area contributed by atoms with Gasteiger partial charge < -0.3 is 5.73 Å². The molecule has 2 N–H and O–H groups in total. The van der Waals surface area contributed by atoms with E-state index in [1.807, 2.05) is 57.2 Å². The third-order valence-corrected chi connectivity index (χ3v) is 7.24. The minimum Gasteiger partial charge on any atom is -0.324 e. The third kappa shape index (κ3) is 8.76. The lowest BCUT2D eigenvalue weighted by molar-refractivity contribution is 0.107. The molecule has 0 fully saturated rings. The first kappa shape index (κ1) is 32.6. The van der Waals surface area contributed by atoms with E-state index in [0.29, 0.717) is 22.2 Å². The van der Waals surface area contributed by atoms with Crippen molar-refractivity contribution in [3.63, 3.8) is 0 Å². The fourth-order valence-corrected chi connectivity index (χ4v) is 5.21. The van der Waals surface area contributed by atoms with Gasteiger partial charge in [0.25, 0.3) is 5.24 Å². The van der Waals surface area contributed by atoms with Crippen molar-refractivity contribution in [3.8, 4) is 5.69 Å². The molecule has 41 heavy (non-hydrogen) atoms. The van der Waals surface area contributed by atoms with Crippen LogP contribution in [0, 0.1) is 5.82 Å². The van der Waals surface area contributed by atoms with Gasteiger partial charge in [0.05, 0.1) is 16.4 Å². The second-order valence-corrected chi connectivity index (χ2v) is 10.6. The van der Waals surface area contributed by atoms with E-state index in [4.69, 9.17) is 40.5 Å². The van der Waals surface area contributed by atoms with Crippen molar-refractivity contribution < 1.29 is 9.18 Å². The Morgan fingerprint density at radius 2 is 1.63 bits per heavy atom. The van der Waals surface area contributed by atoms with E-state index < -0.39 is 5.24 Å². The number of rotatable bonds is 4. The van der Waals surface area contributed by atoms with Crippen LogP contribution >= 0.6 is 34.8 Å². The molecule has 1 aliphatic carbocycles. The molecule has 8 heteroatoms. The molecule has 0 bridgehead atoms. The predicted molar refractivity (Wildman–Crippen MR) is 171 cm³/mol. The van der Waals surface area contributed by atoms with Gasteiger partial charge in [-0.2, -0.15) is 5.10 Å². The van der Waals surface area contributed by atoms with Gasteiger partial charge in [0.2, 0.25) is 0 Å². The number of allylic oxidation sites excluding steroid dienone is 1. The van der Waals surface area contributed by atoms with Gasteiger partial charge in [0.15, 0.2) is 0 Å². The topological polar surface area (TPSA) is 60.9 Å². The Morgan fingerprint density at radius 1 is 0.976 bits per heavy atom. The first-order valence-corrected chi connectivity index (χ1v) is 14.9. The first-order chi connectivity index (χ1) is 19.7. The molecule has 0 aliphatic heterocycles. The number of hydrogen-bond acceptors (Lipinski definition) is 3. The molecule has 1 aliphatic rings. The summed E-state index contributed by atoms with van der Waals surface area (Å²) in [5, 5.41) is 4.88. The zero-order valence-corrected chi connectivity index (χ0v) is 25.8. The van der Waals surface area contributed by atoms with E-state index in [-0.39, 0.29) is 17.6 Å². The van der Waals surface area contributed by atoms with Crippen molar-refractivity contribution in [3.05, 3.63) is 117 Å². The van der Waals surface area contributed by atoms with E-state index in [2.05, 4.69) is 5.10 Å². The number of carbonyl (C=O) groups excluding carboxylic acids is 1. The summed E-state index contributed by atoms with van der Waals surface area (Å²) >= 11 is 18.4. The van der Waals surface area contributed by atoms with Crippen LogP contribution in [-0.2, 0) is 6.42 Å². The quantitative estimate of drug-likeness (QED) is 0.233. The molecular weight excluding hydrogens is 580 g/mol. The molecule has 0 amide bonds. The summed E-state index contributed by atoms with van der Waals surface area (Å²) in [6.07, 6.45) is 6.45. The maximum absolute atomic E-state index is 13.4. The number of carbonyl (C=O) groups is 1. The van der Waals surface area contributed by atoms with Gasteiger partial charge in [0.1, 0.15) is 11.5 Å². The summed E-state index contributed by atoms with van der Waals surface area (Å²) in [5.74, 6) is -0.288. The number of nitrogens with two attached hydrogens (primary N) is 1. The first-order valence-electron chi connectivity index (χ1n) is 13.8. The van der Waals surface area contributed by atoms with Crippen LogP contribution in [0.4, 0.5) is 4.39 Å². The second kappa shape index (κ2) is 15.9. The fraction of sp³-hybridized carbons (Fsp3) is 0.273. The molecule has 1 atom stereocenters. The van der Waals surface area contributed by atoms with Gasteiger partial charge in [-0.1, -0.05) is 85.9 Å². The van der Waals surface area contributed by atoms with Crippen molar-refractivity contribution in [1.82, 2.24) is 9.78 Å². The van der Waals surface area contributed by atoms with Crippen molar-refractivity contribution in [2.24, 2.45) is 5.73 Å². The monoisotopic (exact) mass is 613 g/mol. The van der Waals surface area contributed by atoms with Crippen LogP contribution in [0.5, 0.6) is 0 Å². The normalized spacial score (nSPS) is 14.4. The Morgan fingerprint density at radius 3 is 2.22 bits per heavy atom. The number of aromatic nitrogens is 2. The predicted octanol–water partition coefficient (Wildman–Crippen LogP) is 10.1. The molecule has 0 saturated carbocycles. The number of halogens is 4. The average molecular weight is 615 g/mol. The molecule has 4 nitrogen and oxygen atoms in total. The number of hydrogen-bond donors (Lipinski definition) is 1. The standard InChI is InChI=1S/C23H18Cl3FN2O.C8H11N.C2H6/c24-16-8-11-20(19(25)13-16)29-22-15(12-14-6-9-17(27)10-7-14)4-2-1-3-5-18(22)21(28-29)23(26)30;1-7(9)8-5-3-2-4-6-8;1-2/h6-13H,1-5H2;2-7H,9H2,1H3;1-2H3/b15-12+;;/t;7-;/m.0./s1. The van der Waals surface area contributed by atoms with E-state index in [0.717, 1.165) is 48.1 Å². The van der Waals surface area contributed by atoms with Crippen LogP contribution in [-0.4, -0.2) is 15.0 Å². The molecule has 0 spiro atoms. The molecule has 5 rings (SSSR count). The largest absolute Gasteiger partial charge is 0.324 e. The molecule has 1 heterocycles. The van der Waals surface area contributed by atoms with Crippen molar-refractivity contribution in [1.29, 1.82) is 0 Å². The van der Waals surface area contributed by atoms with Gasteiger partial charge in [-0.25, -0.2) is 9.07 Å². The maximum Gasteiger partial charge on any atom is 0.273 e. The molecule has 0 saturated heterocycles. The van der Waals surface area contributed by atoms with Crippen molar-refractivity contribution >= 4 is 51.7 Å². The molecular formula is C33H35Cl3FN3O. The van der Waals surface area contributed by atoms with Crippen molar-refractivity contribution in [2.75, 3.05) is 0 Å². The smallest absolute Gasteiger partial charge is 0.273 e. The Kier molecular flexibility index (Phi) is 12.6. The summed E-state index contributed by atoms with van der Waals surface area (Å²) in [7, 11) is 0. The SMILES string of the molecule is CC.C[C@H](N)c1ccccc1.O=C(Cl)c1nn(-c2ccc(Cl)cc2Cl)c2c1CCCCC/C2=C\c1ccc(F)cc1. The number of nitrogens with zero attached hydrogens (tertiary/aromatic N) is 2. The second-order valence-electron chi connectivity index (χ2n) is 9.44. The van der Waals surface area contributed by atoms with Crippen LogP contribution in [0.1, 0.15) is 85.4 Å². The van der Waals surface area contributed by atoms with Gasteiger partial charge >= 0.3 is 0 Å². The van der Waals surface area contributed by atoms with E-state index in [1.165, 1.54) is 17.7 Å². The van der Waals surface area contributed by atoms with Crippen molar-refractivity contribution in [2.45, 2.75) is 58.9 Å². The highest BCUT2D eigenvalue weighted by molar-refractivity contribution is 6.67. The minimum atomic E-state index is -0.600. The Hall–Kier alpha value is -2.96. The molecule has 216 valence electrons. The van der Waals surface area contributed by atoms with Gasteiger partial charge in [-0.3, -0.25) is 4.79 Å². The highest BCUT2D eigenvalue weighted by atomic mass is 35.5. The summed E-state index contributed by atoms with van der Waals surface area (Å²) < 4.78 is 15.1.